The van der Waals surface area contributed by atoms with Crippen molar-refractivity contribution in [2.45, 2.75) is 32.1 Å². The Bertz CT molecular complexity index is 377. The Balaban J connectivity index is 2.63. The van der Waals surface area contributed by atoms with Gasteiger partial charge < -0.3 is 9.47 Å². The van der Waals surface area contributed by atoms with Gasteiger partial charge in [-0.15, -0.1) is 0 Å². The molecule has 0 spiro atoms. The van der Waals surface area contributed by atoms with E-state index in [1.54, 1.807) is 7.11 Å². The lowest BCUT2D eigenvalue weighted by Gasteiger charge is -2.10. The Morgan fingerprint density at radius 3 is 2.39 bits per heavy atom. The smallest absolute Gasteiger partial charge is 0.320 e. The molecule has 0 saturated heterocycles. The average Bonchev–Trinajstić information content (AvgIpc) is 2.39. The first-order valence-electron chi connectivity index (χ1n) is 5.93. The highest BCUT2D eigenvalue weighted by molar-refractivity contribution is 14.1. The van der Waals surface area contributed by atoms with Crippen molar-refractivity contribution in [3.63, 3.8) is 0 Å². The van der Waals surface area contributed by atoms with Crippen molar-refractivity contribution < 1.29 is 9.47 Å². The van der Waals surface area contributed by atoms with Crippen LogP contribution in [0.5, 0.6) is 11.9 Å². The molecule has 0 atom stereocenters. The van der Waals surface area contributed by atoms with E-state index in [1.165, 1.54) is 30.8 Å². The number of rotatable bonds is 8. The third-order valence-corrected chi connectivity index (χ3v) is 3.66. The Morgan fingerprint density at radius 2 is 1.78 bits per heavy atom. The van der Waals surface area contributed by atoms with Crippen molar-refractivity contribution in [1.82, 2.24) is 9.97 Å². The molecule has 6 heteroatoms. The highest BCUT2D eigenvalue weighted by Crippen LogP contribution is 2.27. The highest BCUT2D eigenvalue weighted by Gasteiger charge is 2.13. The molecule has 1 aromatic heterocycles. The van der Waals surface area contributed by atoms with Gasteiger partial charge >= 0.3 is 6.01 Å². The molecule has 18 heavy (non-hydrogen) atoms. The standard InChI is InChI=1S/C12H18ClIN2O2/c1-17-11-9(7-5-3-4-6-8-14)10(13)15-12(16-11)18-2/h3-8H2,1-2H3. The van der Waals surface area contributed by atoms with Crippen molar-refractivity contribution in [2.24, 2.45) is 0 Å². The number of aromatic nitrogens is 2. The zero-order valence-corrected chi connectivity index (χ0v) is 13.6. The van der Waals surface area contributed by atoms with Crippen LogP contribution in [0.1, 0.15) is 31.2 Å². The molecule has 0 fully saturated rings. The molecule has 0 bridgehead atoms. The fourth-order valence-corrected chi connectivity index (χ4v) is 2.43. The summed E-state index contributed by atoms with van der Waals surface area (Å²) in [6.07, 6.45) is 5.62. The molecule has 0 radical (unpaired) electrons. The number of nitrogens with zero attached hydrogens (tertiary/aromatic N) is 2. The first kappa shape index (κ1) is 15.8. The van der Waals surface area contributed by atoms with E-state index in [0.717, 1.165) is 18.4 Å². The molecule has 0 N–H and O–H groups in total. The van der Waals surface area contributed by atoms with Crippen LogP contribution in [0.3, 0.4) is 0 Å². The van der Waals surface area contributed by atoms with E-state index in [1.807, 2.05) is 0 Å². The summed E-state index contributed by atoms with van der Waals surface area (Å²) in [6.45, 7) is 0. The van der Waals surface area contributed by atoms with Gasteiger partial charge in [-0.1, -0.05) is 47.0 Å². The van der Waals surface area contributed by atoms with Gasteiger partial charge in [-0.2, -0.15) is 9.97 Å². The van der Waals surface area contributed by atoms with Gasteiger partial charge in [0.05, 0.1) is 19.8 Å². The van der Waals surface area contributed by atoms with Crippen molar-refractivity contribution >= 4 is 34.2 Å². The second-order valence-corrected chi connectivity index (χ2v) is 5.28. The van der Waals surface area contributed by atoms with Crippen LogP contribution < -0.4 is 9.47 Å². The molecule has 0 amide bonds. The summed E-state index contributed by atoms with van der Waals surface area (Å²) in [5.74, 6) is 0.515. The molecule has 102 valence electrons. The summed E-state index contributed by atoms with van der Waals surface area (Å²) in [5, 5.41) is 0.424. The fraction of sp³-hybridized carbons (Fsp3) is 0.667. The summed E-state index contributed by atoms with van der Waals surface area (Å²) in [7, 11) is 3.09. The summed E-state index contributed by atoms with van der Waals surface area (Å²) in [5.41, 5.74) is 0.870. The van der Waals surface area contributed by atoms with Crippen LogP contribution in [0, 0.1) is 0 Å². The molecule has 1 aromatic rings. The summed E-state index contributed by atoms with van der Waals surface area (Å²) in [6, 6.07) is 0.241. The normalized spacial score (nSPS) is 10.4. The summed E-state index contributed by atoms with van der Waals surface area (Å²) < 4.78 is 11.4. The van der Waals surface area contributed by atoms with Crippen molar-refractivity contribution in [3.8, 4) is 11.9 Å². The minimum absolute atomic E-state index is 0.241. The van der Waals surface area contributed by atoms with Crippen LogP contribution in [-0.4, -0.2) is 28.6 Å². The highest BCUT2D eigenvalue weighted by atomic mass is 127. The minimum Gasteiger partial charge on any atom is -0.481 e. The molecular formula is C12H18ClIN2O2. The number of ether oxygens (including phenoxy) is 2. The van der Waals surface area contributed by atoms with E-state index in [9.17, 15) is 0 Å². The lowest BCUT2D eigenvalue weighted by Crippen LogP contribution is -2.02. The van der Waals surface area contributed by atoms with Crippen LogP contribution in [0.2, 0.25) is 5.15 Å². The zero-order chi connectivity index (χ0) is 13.4. The van der Waals surface area contributed by atoms with Crippen LogP contribution in [0.15, 0.2) is 0 Å². The number of unbranched alkanes of at least 4 members (excludes halogenated alkanes) is 3. The molecular weight excluding hydrogens is 367 g/mol. The minimum atomic E-state index is 0.241. The number of hydrogen-bond donors (Lipinski definition) is 0. The largest absolute Gasteiger partial charge is 0.481 e. The van der Waals surface area contributed by atoms with E-state index in [4.69, 9.17) is 21.1 Å². The molecule has 0 saturated carbocycles. The van der Waals surface area contributed by atoms with Gasteiger partial charge in [-0.25, -0.2) is 0 Å². The van der Waals surface area contributed by atoms with Crippen molar-refractivity contribution in [2.75, 3.05) is 18.6 Å². The van der Waals surface area contributed by atoms with Gasteiger partial charge in [0.2, 0.25) is 5.88 Å². The van der Waals surface area contributed by atoms with E-state index >= 15 is 0 Å². The number of alkyl halides is 1. The fourth-order valence-electron chi connectivity index (χ4n) is 1.64. The van der Waals surface area contributed by atoms with Gasteiger partial charge in [0, 0.05) is 0 Å². The Morgan fingerprint density at radius 1 is 1.06 bits per heavy atom. The first-order valence-corrected chi connectivity index (χ1v) is 7.83. The van der Waals surface area contributed by atoms with E-state index in [-0.39, 0.29) is 6.01 Å². The third-order valence-electron chi connectivity index (χ3n) is 2.58. The van der Waals surface area contributed by atoms with E-state index in [2.05, 4.69) is 32.6 Å². The van der Waals surface area contributed by atoms with Gasteiger partial charge in [-0.05, 0) is 23.7 Å². The van der Waals surface area contributed by atoms with E-state index in [0.29, 0.717) is 11.0 Å². The predicted molar refractivity (Wildman–Crippen MR) is 81.2 cm³/mol. The predicted octanol–water partition coefficient (Wildman–Crippen LogP) is 3.69. The number of halogens is 2. The van der Waals surface area contributed by atoms with Crippen LogP contribution >= 0.6 is 34.2 Å². The van der Waals surface area contributed by atoms with Gasteiger partial charge in [0.1, 0.15) is 5.15 Å². The zero-order valence-electron chi connectivity index (χ0n) is 10.7. The molecule has 1 heterocycles. The lowest BCUT2D eigenvalue weighted by molar-refractivity contribution is 0.348. The van der Waals surface area contributed by atoms with Crippen molar-refractivity contribution in [3.05, 3.63) is 10.7 Å². The SMILES string of the molecule is COc1nc(Cl)c(CCCCCCI)c(OC)n1. The van der Waals surface area contributed by atoms with Crippen LogP contribution in [0.25, 0.3) is 0 Å². The molecule has 0 aliphatic rings. The molecule has 1 rings (SSSR count). The van der Waals surface area contributed by atoms with Crippen LogP contribution in [-0.2, 0) is 6.42 Å². The monoisotopic (exact) mass is 384 g/mol. The second-order valence-electron chi connectivity index (χ2n) is 3.84. The summed E-state index contributed by atoms with van der Waals surface area (Å²) in [4.78, 5) is 8.21. The Labute approximate surface area is 127 Å². The average molecular weight is 385 g/mol. The second kappa shape index (κ2) is 8.74. The lowest BCUT2D eigenvalue weighted by atomic mass is 10.1. The van der Waals surface area contributed by atoms with Gasteiger partial charge in [0.15, 0.2) is 0 Å². The van der Waals surface area contributed by atoms with E-state index < -0.39 is 0 Å². The van der Waals surface area contributed by atoms with Gasteiger partial charge in [0.25, 0.3) is 0 Å². The van der Waals surface area contributed by atoms with Gasteiger partial charge in [-0.3, -0.25) is 0 Å². The maximum atomic E-state index is 6.12. The molecule has 0 aliphatic heterocycles. The third kappa shape index (κ3) is 4.76. The molecule has 0 aromatic carbocycles. The Hall–Kier alpha value is -0.300. The summed E-state index contributed by atoms with van der Waals surface area (Å²) >= 11 is 8.52. The Kier molecular flexibility index (Phi) is 7.65. The quantitative estimate of drug-likeness (QED) is 0.297. The van der Waals surface area contributed by atoms with Crippen molar-refractivity contribution in [1.29, 1.82) is 0 Å². The maximum Gasteiger partial charge on any atom is 0.320 e. The first-order chi connectivity index (χ1) is 8.72. The topological polar surface area (TPSA) is 44.2 Å². The number of methoxy groups -OCH3 is 2. The van der Waals surface area contributed by atoms with Crippen LogP contribution in [0.4, 0.5) is 0 Å². The number of hydrogen-bond acceptors (Lipinski definition) is 4. The maximum absolute atomic E-state index is 6.12. The molecule has 0 aliphatic carbocycles. The molecule has 0 unspecified atom stereocenters. The molecule has 4 nitrogen and oxygen atoms in total.